The zero-order chi connectivity index (χ0) is 28.1. The van der Waals surface area contributed by atoms with Crippen LogP contribution >= 0.6 is 0 Å². The Morgan fingerprint density at radius 2 is 1.82 bits per heavy atom. The molecule has 0 bridgehead atoms. The van der Waals surface area contributed by atoms with E-state index in [-0.39, 0.29) is 16.4 Å². The number of nitrogens with zero attached hydrogens (tertiary/aromatic N) is 5. The molecule has 1 aliphatic heterocycles. The summed E-state index contributed by atoms with van der Waals surface area (Å²) in [7, 11) is -2.07. The number of halogens is 3. The Morgan fingerprint density at radius 1 is 1.18 bits per heavy atom. The molecule has 0 radical (unpaired) electrons. The van der Waals surface area contributed by atoms with Gasteiger partial charge in [-0.05, 0) is 11.8 Å². The number of hydrogen-bond donors (Lipinski definition) is 2. The van der Waals surface area contributed by atoms with E-state index in [4.69, 9.17) is 14.6 Å². The minimum Gasteiger partial charge on any atom is -0.493 e. The lowest BCUT2D eigenvalue weighted by atomic mass is 10.2. The minimum atomic E-state index is -5.08. The Labute approximate surface area is 219 Å². The summed E-state index contributed by atoms with van der Waals surface area (Å²) < 4.78 is 65.4. The van der Waals surface area contributed by atoms with E-state index in [2.05, 4.69) is 43.3 Å². The number of piperazine rings is 1. The van der Waals surface area contributed by atoms with Gasteiger partial charge in [-0.15, -0.1) is 0 Å². The van der Waals surface area contributed by atoms with E-state index in [1.54, 1.807) is 31.8 Å². The third kappa shape index (κ3) is 7.98. The molecule has 4 rings (SSSR count). The number of nitrogens with one attached hydrogen (secondary N) is 1. The van der Waals surface area contributed by atoms with Crippen LogP contribution in [0, 0.1) is 5.41 Å². The number of carbonyl (C=O) groups is 1. The van der Waals surface area contributed by atoms with Crippen molar-refractivity contribution in [3.63, 3.8) is 0 Å². The first-order chi connectivity index (χ1) is 17.7. The van der Waals surface area contributed by atoms with E-state index >= 15 is 0 Å². The predicted octanol–water partition coefficient (Wildman–Crippen LogP) is 1.95. The second-order valence-corrected chi connectivity index (χ2v) is 11.4. The molecule has 1 saturated heterocycles. The fourth-order valence-electron chi connectivity index (χ4n) is 3.79. The largest absolute Gasteiger partial charge is 0.493 e. The summed E-state index contributed by atoms with van der Waals surface area (Å²) in [5, 5.41) is 7.12. The molecule has 1 atom stereocenters. The van der Waals surface area contributed by atoms with Crippen molar-refractivity contribution in [2.45, 2.75) is 43.8 Å². The zero-order valence-corrected chi connectivity index (χ0v) is 22.1. The van der Waals surface area contributed by atoms with Crippen LogP contribution in [0.5, 0.6) is 5.75 Å². The van der Waals surface area contributed by atoms with E-state index in [1.807, 2.05) is 0 Å². The van der Waals surface area contributed by atoms with Crippen LogP contribution in [0.1, 0.15) is 26.0 Å². The topological polar surface area (TPSA) is 138 Å². The van der Waals surface area contributed by atoms with Crippen molar-refractivity contribution in [3.8, 4) is 5.75 Å². The molecule has 0 unspecified atom stereocenters. The molecule has 1 aliphatic carbocycles. The van der Waals surface area contributed by atoms with Crippen LogP contribution in [0.3, 0.4) is 0 Å². The Morgan fingerprint density at radius 3 is 2.32 bits per heavy atom. The highest BCUT2D eigenvalue weighted by atomic mass is 32.2. The third-order valence-corrected chi connectivity index (χ3v) is 7.80. The van der Waals surface area contributed by atoms with Gasteiger partial charge in [-0.3, -0.25) is 14.9 Å². The number of rotatable bonds is 8. The average Bonchev–Trinajstić information content (AvgIpc) is 3.47. The summed E-state index contributed by atoms with van der Waals surface area (Å²) >= 11 is 0. The van der Waals surface area contributed by atoms with Crippen molar-refractivity contribution >= 4 is 21.8 Å². The zero-order valence-electron chi connectivity index (χ0n) is 21.3. The second kappa shape index (κ2) is 11.8. The van der Waals surface area contributed by atoms with Crippen LogP contribution in [-0.2, 0) is 21.2 Å². The number of aromatic nitrogens is 3. The van der Waals surface area contributed by atoms with Gasteiger partial charge in [0.15, 0.2) is 11.6 Å². The van der Waals surface area contributed by atoms with Gasteiger partial charge in [-0.25, -0.2) is 22.9 Å². The number of anilines is 1. The monoisotopic (exact) mass is 560 g/mol. The van der Waals surface area contributed by atoms with Crippen molar-refractivity contribution in [3.05, 3.63) is 36.5 Å². The number of ether oxygens (including phenoxy) is 1. The second-order valence-electron chi connectivity index (χ2n) is 9.64. The fourth-order valence-corrected chi connectivity index (χ4v) is 5.16. The molecule has 2 aliphatic rings. The van der Waals surface area contributed by atoms with Gasteiger partial charge in [0.05, 0.1) is 12.8 Å². The molecule has 2 aromatic heterocycles. The van der Waals surface area contributed by atoms with Crippen LogP contribution in [0.2, 0.25) is 0 Å². The van der Waals surface area contributed by atoms with Crippen molar-refractivity contribution in [1.82, 2.24) is 24.6 Å². The summed E-state index contributed by atoms with van der Waals surface area (Å²) in [4.78, 5) is 26.5. The molecule has 2 fully saturated rings. The normalized spacial score (nSPS) is 19.3. The number of carboxylic acid groups (broad SMARTS) is 1. The third-order valence-electron chi connectivity index (χ3n) is 6.36. The van der Waals surface area contributed by atoms with Crippen LogP contribution < -0.4 is 14.4 Å². The van der Waals surface area contributed by atoms with Gasteiger partial charge in [0.25, 0.3) is 0 Å². The summed E-state index contributed by atoms with van der Waals surface area (Å²) in [5.74, 6) is -1.60. The Kier molecular flexibility index (Phi) is 9.15. The number of aliphatic carboxylic acids is 1. The number of pyridine rings is 1. The van der Waals surface area contributed by atoms with Gasteiger partial charge in [0.2, 0.25) is 10.0 Å². The SMILES string of the molecule is COc1cc(S(=O)(=O)N[C@H]2CC2(C)C)cnc1N1CCN(CCc2cnccn2)CC1.O=C(O)C(F)(F)F. The molecular formula is C23H31F3N6O5S. The van der Waals surface area contributed by atoms with Crippen molar-refractivity contribution in [2.24, 2.45) is 5.41 Å². The van der Waals surface area contributed by atoms with E-state index in [1.165, 1.54) is 6.20 Å². The van der Waals surface area contributed by atoms with Gasteiger partial charge in [0, 0.05) is 76.0 Å². The highest BCUT2D eigenvalue weighted by molar-refractivity contribution is 7.89. The molecule has 210 valence electrons. The van der Waals surface area contributed by atoms with Crippen LogP contribution in [0.15, 0.2) is 35.7 Å². The van der Waals surface area contributed by atoms with Crippen molar-refractivity contribution in [2.75, 3.05) is 44.7 Å². The summed E-state index contributed by atoms with van der Waals surface area (Å²) in [5.41, 5.74) is 1.00. The molecule has 38 heavy (non-hydrogen) atoms. The lowest BCUT2D eigenvalue weighted by Gasteiger charge is -2.35. The maximum absolute atomic E-state index is 12.7. The fraction of sp³-hybridized carbons (Fsp3) is 0.565. The molecule has 2 N–H and O–H groups in total. The van der Waals surface area contributed by atoms with Gasteiger partial charge in [0.1, 0.15) is 4.90 Å². The first-order valence-electron chi connectivity index (χ1n) is 11.8. The Hall–Kier alpha value is -3.04. The highest BCUT2D eigenvalue weighted by Gasteiger charge is 2.48. The molecule has 1 saturated carbocycles. The van der Waals surface area contributed by atoms with Gasteiger partial charge in [-0.2, -0.15) is 13.2 Å². The van der Waals surface area contributed by atoms with Crippen LogP contribution in [-0.4, -0.2) is 91.4 Å². The first-order valence-corrected chi connectivity index (χ1v) is 13.3. The smallest absolute Gasteiger partial charge is 0.490 e. The molecular weight excluding hydrogens is 529 g/mol. The number of hydrogen-bond acceptors (Lipinski definition) is 9. The standard InChI is InChI=1S/C21H30N6O3S.C2HF3O2/c1-21(2)13-19(21)25-31(28,29)17-12-18(30-3)20(24-15-17)27-10-8-26(9-11-27)7-4-16-14-22-5-6-23-16;3-2(4,5)1(6)7/h5-6,12,14-15,19,25H,4,7-11,13H2,1-3H3;(H,6,7)/t19-;/m0./s1. The molecule has 0 amide bonds. The van der Waals surface area contributed by atoms with Gasteiger partial charge in [-0.1, -0.05) is 13.8 Å². The minimum absolute atomic E-state index is 0.0112. The maximum atomic E-state index is 12.7. The predicted molar refractivity (Wildman–Crippen MR) is 131 cm³/mol. The van der Waals surface area contributed by atoms with Crippen LogP contribution in [0.25, 0.3) is 0 Å². The van der Waals surface area contributed by atoms with Crippen LogP contribution in [0.4, 0.5) is 19.0 Å². The van der Waals surface area contributed by atoms with E-state index in [0.717, 1.165) is 51.3 Å². The highest BCUT2D eigenvalue weighted by Crippen LogP contribution is 2.45. The molecule has 11 nitrogen and oxygen atoms in total. The lowest BCUT2D eigenvalue weighted by molar-refractivity contribution is -0.192. The van der Waals surface area contributed by atoms with Gasteiger partial charge < -0.3 is 14.7 Å². The Balaban J connectivity index is 0.000000505. The van der Waals surface area contributed by atoms with Crippen molar-refractivity contribution < 1.29 is 36.2 Å². The van der Waals surface area contributed by atoms with E-state index < -0.39 is 22.2 Å². The first kappa shape index (κ1) is 29.5. The van der Waals surface area contributed by atoms with E-state index in [9.17, 15) is 21.6 Å². The Bertz CT molecular complexity index is 1210. The van der Waals surface area contributed by atoms with Crippen molar-refractivity contribution in [1.29, 1.82) is 0 Å². The quantitative estimate of drug-likeness (QED) is 0.493. The van der Waals surface area contributed by atoms with Gasteiger partial charge >= 0.3 is 12.1 Å². The number of alkyl halides is 3. The summed E-state index contributed by atoms with van der Waals surface area (Å²) in [6.07, 6.45) is 3.26. The maximum Gasteiger partial charge on any atom is 0.490 e. The lowest BCUT2D eigenvalue weighted by Crippen LogP contribution is -2.47. The number of sulfonamides is 1. The number of methoxy groups -OCH3 is 1. The summed E-state index contributed by atoms with van der Waals surface area (Å²) in [6.45, 7) is 8.41. The number of carboxylic acids is 1. The molecule has 3 heterocycles. The molecule has 0 spiro atoms. The van der Waals surface area contributed by atoms with E-state index in [0.29, 0.717) is 11.6 Å². The molecule has 0 aromatic carbocycles. The average molecular weight is 561 g/mol. The molecule has 2 aromatic rings. The summed E-state index contributed by atoms with van der Waals surface area (Å²) in [6, 6.07) is 1.54. The molecule has 15 heteroatoms.